The smallest absolute Gasteiger partial charge is 0.326 e. The van der Waals surface area contributed by atoms with Gasteiger partial charge in [0, 0.05) is 17.9 Å². The van der Waals surface area contributed by atoms with Gasteiger partial charge in [-0.2, -0.15) is 0 Å². The highest BCUT2D eigenvalue weighted by molar-refractivity contribution is 5.92. The number of carbonyl (C=O) groups is 4. The topological polar surface area (TPSA) is 166 Å². The summed E-state index contributed by atoms with van der Waals surface area (Å²) in [6.07, 6.45) is 0.224. The molecule has 0 fully saturated rings. The normalized spacial score (nSPS) is 24.9. The molecule has 0 spiro atoms. The van der Waals surface area contributed by atoms with Crippen LogP contribution in [0.5, 0.6) is 11.5 Å². The van der Waals surface area contributed by atoms with E-state index >= 15 is 0 Å². The molecule has 3 rings (SSSR count). The Balaban J connectivity index is 1.91. The van der Waals surface area contributed by atoms with Gasteiger partial charge in [0.1, 0.15) is 24.3 Å². The van der Waals surface area contributed by atoms with Gasteiger partial charge in [-0.3, -0.25) is 14.4 Å². The van der Waals surface area contributed by atoms with E-state index in [9.17, 15) is 24.3 Å². The molecule has 11 nitrogen and oxygen atoms in total. The largest absolute Gasteiger partial charge is 0.493 e. The maximum atomic E-state index is 13.3. The third kappa shape index (κ3) is 6.29. The highest BCUT2D eigenvalue weighted by Gasteiger charge is 2.59. The van der Waals surface area contributed by atoms with Gasteiger partial charge in [0.15, 0.2) is 11.5 Å². The molecule has 5 N–H and O–H groups in total. The number of rotatable bonds is 13. The van der Waals surface area contributed by atoms with Gasteiger partial charge in [0.25, 0.3) is 0 Å². The fourth-order valence-corrected chi connectivity index (χ4v) is 6.56. The fraction of sp³-hybridized carbons (Fsp3) is 0.667. The van der Waals surface area contributed by atoms with E-state index < -0.39 is 65.8 Å². The SMILES string of the molecule is CC[C@H](OC(=O)CC(NC(C)=O)C(=O)NC(C(=O)O)C(C)C)[C@@H]1Oc2c(OC)ccc3c2[C@]1(CCN)C(C)[C@H](C)C3. The molecular formula is C30H45N3O8. The molecule has 228 valence electrons. The first kappa shape index (κ1) is 32.2. The van der Waals surface area contributed by atoms with Crippen LogP contribution < -0.4 is 25.8 Å². The maximum Gasteiger partial charge on any atom is 0.326 e. The van der Waals surface area contributed by atoms with Gasteiger partial charge in [0.05, 0.1) is 13.5 Å². The summed E-state index contributed by atoms with van der Waals surface area (Å²) in [6, 6.07) is 1.48. The molecule has 0 saturated carbocycles. The molecule has 1 aromatic rings. The zero-order valence-corrected chi connectivity index (χ0v) is 25.1. The second-order valence-electron chi connectivity index (χ2n) is 11.7. The number of aliphatic carboxylic acids is 1. The van der Waals surface area contributed by atoms with Crippen molar-refractivity contribution in [1.29, 1.82) is 0 Å². The minimum atomic E-state index is -1.31. The van der Waals surface area contributed by atoms with E-state index in [-0.39, 0.29) is 5.92 Å². The first-order valence-electron chi connectivity index (χ1n) is 14.4. The summed E-state index contributed by atoms with van der Waals surface area (Å²) in [5.41, 5.74) is 7.91. The molecular weight excluding hydrogens is 530 g/mol. The number of methoxy groups -OCH3 is 1. The van der Waals surface area contributed by atoms with Crippen LogP contribution in [0.25, 0.3) is 0 Å². The Hall–Kier alpha value is -3.34. The second kappa shape index (κ2) is 13.1. The molecule has 41 heavy (non-hydrogen) atoms. The van der Waals surface area contributed by atoms with Crippen molar-refractivity contribution < 1.29 is 38.5 Å². The van der Waals surface area contributed by atoms with E-state index in [1.54, 1.807) is 21.0 Å². The molecule has 1 aliphatic heterocycles. The first-order valence-corrected chi connectivity index (χ1v) is 14.4. The Morgan fingerprint density at radius 1 is 1.20 bits per heavy atom. The van der Waals surface area contributed by atoms with Crippen molar-refractivity contribution in [3.63, 3.8) is 0 Å². The molecule has 3 unspecified atom stereocenters. The van der Waals surface area contributed by atoms with Gasteiger partial charge in [-0.05, 0) is 55.2 Å². The second-order valence-corrected chi connectivity index (χ2v) is 11.7. The van der Waals surface area contributed by atoms with E-state index in [0.717, 1.165) is 12.0 Å². The Bertz CT molecular complexity index is 1150. The van der Waals surface area contributed by atoms with Crippen LogP contribution in [-0.2, 0) is 35.8 Å². The van der Waals surface area contributed by atoms with Gasteiger partial charge < -0.3 is 35.7 Å². The number of nitrogens with one attached hydrogen (secondary N) is 2. The Morgan fingerprint density at radius 3 is 2.41 bits per heavy atom. The van der Waals surface area contributed by atoms with Crippen LogP contribution >= 0.6 is 0 Å². The number of carboxylic acids is 1. The molecule has 7 atom stereocenters. The van der Waals surface area contributed by atoms with Crippen LogP contribution in [0.2, 0.25) is 0 Å². The Morgan fingerprint density at radius 2 is 1.88 bits per heavy atom. The average Bonchev–Trinajstić information content (AvgIpc) is 3.25. The number of hydrogen-bond acceptors (Lipinski definition) is 8. The van der Waals surface area contributed by atoms with Gasteiger partial charge in [0.2, 0.25) is 11.8 Å². The summed E-state index contributed by atoms with van der Waals surface area (Å²) in [7, 11) is 1.59. The van der Waals surface area contributed by atoms with Crippen molar-refractivity contribution >= 4 is 23.8 Å². The van der Waals surface area contributed by atoms with Crippen molar-refractivity contribution in [1.82, 2.24) is 10.6 Å². The number of carboxylic acid groups (broad SMARTS) is 1. The number of hydrogen-bond donors (Lipinski definition) is 4. The monoisotopic (exact) mass is 575 g/mol. The van der Waals surface area contributed by atoms with E-state index in [0.29, 0.717) is 36.8 Å². The summed E-state index contributed by atoms with van der Waals surface area (Å²) in [6.45, 7) is 11.2. The number of benzene rings is 1. The number of carbonyl (C=O) groups excluding carboxylic acids is 3. The number of nitrogens with two attached hydrogens (primary N) is 1. The van der Waals surface area contributed by atoms with E-state index in [2.05, 4.69) is 30.5 Å². The third-order valence-corrected chi connectivity index (χ3v) is 8.73. The minimum Gasteiger partial charge on any atom is -0.493 e. The van der Waals surface area contributed by atoms with Gasteiger partial charge in [-0.1, -0.05) is 40.7 Å². The zero-order valence-electron chi connectivity index (χ0n) is 25.1. The summed E-state index contributed by atoms with van der Waals surface area (Å²) in [5.74, 6) is -1.91. The predicted octanol–water partition coefficient (Wildman–Crippen LogP) is 2.31. The summed E-state index contributed by atoms with van der Waals surface area (Å²) in [5, 5.41) is 14.4. The summed E-state index contributed by atoms with van der Waals surface area (Å²) in [4.78, 5) is 49.8. The quantitative estimate of drug-likeness (QED) is 0.258. The fourth-order valence-electron chi connectivity index (χ4n) is 6.56. The van der Waals surface area contributed by atoms with Crippen molar-refractivity contribution in [2.75, 3.05) is 13.7 Å². The van der Waals surface area contributed by atoms with E-state index in [4.69, 9.17) is 19.9 Å². The molecule has 2 amide bonds. The number of amides is 2. The van der Waals surface area contributed by atoms with Crippen LogP contribution in [0.1, 0.15) is 71.9 Å². The van der Waals surface area contributed by atoms with Gasteiger partial charge in [-0.25, -0.2) is 4.79 Å². The predicted molar refractivity (Wildman–Crippen MR) is 152 cm³/mol. The molecule has 2 aliphatic rings. The van der Waals surface area contributed by atoms with Gasteiger partial charge >= 0.3 is 11.9 Å². The Kier molecular flexibility index (Phi) is 10.3. The van der Waals surface area contributed by atoms with Crippen LogP contribution in [0.15, 0.2) is 12.1 Å². The molecule has 11 heteroatoms. The van der Waals surface area contributed by atoms with Crippen molar-refractivity contribution in [3.05, 3.63) is 23.3 Å². The minimum absolute atomic E-state index is 0.159. The highest BCUT2D eigenvalue weighted by atomic mass is 16.6. The van der Waals surface area contributed by atoms with Gasteiger partial charge in [-0.15, -0.1) is 0 Å². The van der Waals surface area contributed by atoms with Crippen LogP contribution in [0.3, 0.4) is 0 Å². The van der Waals surface area contributed by atoms with Crippen LogP contribution in [-0.4, -0.2) is 66.8 Å². The summed E-state index contributed by atoms with van der Waals surface area (Å²) >= 11 is 0. The highest BCUT2D eigenvalue weighted by Crippen LogP contribution is 2.60. The molecule has 1 aromatic carbocycles. The zero-order chi connectivity index (χ0) is 30.6. The lowest BCUT2D eigenvalue weighted by Gasteiger charge is -2.47. The molecule has 0 saturated heterocycles. The molecule has 1 heterocycles. The summed E-state index contributed by atoms with van der Waals surface area (Å²) < 4.78 is 18.3. The lowest BCUT2D eigenvalue weighted by atomic mass is 9.56. The standard InChI is InChI=1S/C30H45N3O8/c1-8-21(40-23(35)14-20(32-18(6)34)28(36)33-25(15(2)3)29(37)38)27-30(11-12-31)17(5)16(4)13-19-9-10-22(39-7)26(41-27)24(19)30/h9-10,15-17,20-21,25,27H,8,11-14,31H2,1-7H3,(H,32,34)(H,33,36)(H,37,38)/t16-,17?,20?,21+,25?,27+,30+/m1/s1. The lowest BCUT2D eigenvalue weighted by Crippen LogP contribution is -2.56. The van der Waals surface area contributed by atoms with Crippen LogP contribution in [0.4, 0.5) is 0 Å². The van der Waals surface area contributed by atoms with Crippen molar-refractivity contribution in [2.24, 2.45) is 23.5 Å². The molecule has 0 radical (unpaired) electrons. The van der Waals surface area contributed by atoms with Crippen molar-refractivity contribution in [2.45, 2.75) is 96.9 Å². The van der Waals surface area contributed by atoms with E-state index in [1.165, 1.54) is 12.5 Å². The molecule has 1 aliphatic carbocycles. The molecule has 0 bridgehead atoms. The Labute approximate surface area is 241 Å². The van der Waals surface area contributed by atoms with Crippen molar-refractivity contribution in [3.8, 4) is 11.5 Å². The third-order valence-electron chi connectivity index (χ3n) is 8.73. The van der Waals surface area contributed by atoms with Crippen LogP contribution in [0, 0.1) is 17.8 Å². The number of esters is 1. The molecule has 0 aromatic heterocycles. The lowest BCUT2D eigenvalue weighted by molar-refractivity contribution is -0.159. The number of ether oxygens (including phenoxy) is 3. The first-order chi connectivity index (χ1) is 19.3. The average molecular weight is 576 g/mol. The van der Waals surface area contributed by atoms with E-state index in [1.807, 2.05) is 13.0 Å². The maximum absolute atomic E-state index is 13.3.